The van der Waals surface area contributed by atoms with Gasteiger partial charge < -0.3 is 19.9 Å². The summed E-state index contributed by atoms with van der Waals surface area (Å²) in [5.41, 5.74) is 0.886. The molecule has 2 aliphatic rings. The Balaban J connectivity index is 1.55. The van der Waals surface area contributed by atoms with Crippen LogP contribution in [0.1, 0.15) is 77.7 Å². The minimum atomic E-state index is -0.0882. The van der Waals surface area contributed by atoms with Crippen LogP contribution in [0.15, 0.2) is 6.07 Å². The number of carbonyl (C=O) groups is 1. The predicted molar refractivity (Wildman–Crippen MR) is 129 cm³/mol. The minimum absolute atomic E-state index is 0.0882. The normalized spacial score (nSPS) is 23.1. The third kappa shape index (κ3) is 7.41. The molecule has 180 valence electrons. The summed E-state index contributed by atoms with van der Waals surface area (Å²) in [6, 6.07) is 2.51. The van der Waals surface area contributed by atoms with E-state index in [1.54, 1.807) is 0 Å². The van der Waals surface area contributed by atoms with Crippen LogP contribution >= 0.6 is 0 Å². The summed E-state index contributed by atoms with van der Waals surface area (Å²) in [5, 5.41) is 2.95. The van der Waals surface area contributed by atoms with E-state index < -0.39 is 0 Å². The molecule has 1 amide bonds. The predicted octanol–water partition coefficient (Wildman–Crippen LogP) is 3.52. The number of rotatable bonds is 9. The van der Waals surface area contributed by atoms with Gasteiger partial charge in [-0.1, -0.05) is 20.8 Å². The molecule has 0 radical (unpaired) electrons. The van der Waals surface area contributed by atoms with Crippen LogP contribution in [0.5, 0.6) is 0 Å². The van der Waals surface area contributed by atoms with Gasteiger partial charge in [-0.3, -0.25) is 4.79 Å². The second kappa shape index (κ2) is 11.9. The number of hydrogen-bond donors (Lipinski definition) is 1. The molecule has 1 aliphatic carbocycles. The minimum Gasteiger partial charge on any atom is -0.375 e. The van der Waals surface area contributed by atoms with Crippen molar-refractivity contribution in [2.75, 3.05) is 44.2 Å². The number of ether oxygens (including phenoxy) is 1. The lowest BCUT2D eigenvalue weighted by atomic mass is 9.84. The van der Waals surface area contributed by atoms with Crippen LogP contribution in [0.3, 0.4) is 0 Å². The highest BCUT2D eigenvalue weighted by molar-refractivity contribution is 5.46. The largest absolute Gasteiger partial charge is 0.375 e. The number of nitrogens with zero attached hydrogens (tertiary/aromatic N) is 4. The molecule has 1 aliphatic heterocycles. The Bertz CT molecular complexity index is 713. The van der Waals surface area contributed by atoms with Gasteiger partial charge in [-0.25, -0.2) is 9.97 Å². The van der Waals surface area contributed by atoms with Gasteiger partial charge in [-0.15, -0.1) is 0 Å². The Morgan fingerprint density at radius 3 is 2.59 bits per heavy atom. The molecule has 0 aromatic carbocycles. The Morgan fingerprint density at radius 2 is 1.91 bits per heavy atom. The van der Waals surface area contributed by atoms with E-state index in [4.69, 9.17) is 14.7 Å². The van der Waals surface area contributed by atoms with Gasteiger partial charge in [0.1, 0.15) is 11.6 Å². The smallest absolute Gasteiger partial charge is 0.207 e. The molecule has 0 unspecified atom stereocenters. The zero-order chi connectivity index (χ0) is 23.0. The van der Waals surface area contributed by atoms with Crippen molar-refractivity contribution in [3.8, 4) is 0 Å². The van der Waals surface area contributed by atoms with Crippen LogP contribution < -0.4 is 10.2 Å². The van der Waals surface area contributed by atoms with Gasteiger partial charge in [0, 0.05) is 43.8 Å². The fraction of sp³-hybridized carbons (Fsp3) is 0.800. The van der Waals surface area contributed by atoms with Crippen LogP contribution in [-0.2, 0) is 21.6 Å². The van der Waals surface area contributed by atoms with Crippen molar-refractivity contribution in [2.24, 2.45) is 5.92 Å². The van der Waals surface area contributed by atoms with Gasteiger partial charge in [0.2, 0.25) is 6.41 Å². The Kier molecular flexibility index (Phi) is 9.29. The second-order valence-corrected chi connectivity index (χ2v) is 10.4. The van der Waals surface area contributed by atoms with E-state index in [2.05, 4.69) is 42.0 Å². The van der Waals surface area contributed by atoms with E-state index in [1.807, 2.05) is 6.92 Å². The van der Waals surface area contributed by atoms with Crippen molar-refractivity contribution >= 4 is 12.2 Å². The van der Waals surface area contributed by atoms with Gasteiger partial charge in [0.15, 0.2) is 0 Å². The van der Waals surface area contributed by atoms with Gasteiger partial charge >= 0.3 is 0 Å². The number of amides is 1. The molecule has 3 rings (SSSR count). The highest BCUT2D eigenvalue weighted by atomic mass is 16.5. The molecule has 32 heavy (non-hydrogen) atoms. The van der Waals surface area contributed by atoms with Crippen molar-refractivity contribution in [3.63, 3.8) is 0 Å². The summed E-state index contributed by atoms with van der Waals surface area (Å²) < 4.78 is 5.64. The van der Waals surface area contributed by atoms with E-state index in [0.29, 0.717) is 19.3 Å². The van der Waals surface area contributed by atoms with E-state index in [9.17, 15) is 4.79 Å². The first-order chi connectivity index (χ1) is 15.4. The molecule has 1 saturated heterocycles. The van der Waals surface area contributed by atoms with Crippen LogP contribution in [-0.4, -0.2) is 66.7 Å². The maximum absolute atomic E-state index is 10.6. The third-order valence-electron chi connectivity index (χ3n) is 6.81. The Hall–Kier alpha value is -1.73. The van der Waals surface area contributed by atoms with Gasteiger partial charge in [0.05, 0.1) is 12.3 Å². The number of anilines is 1. The zero-order valence-electron chi connectivity index (χ0n) is 20.6. The average Bonchev–Trinajstić information content (AvgIpc) is 3.02. The van der Waals surface area contributed by atoms with Crippen molar-refractivity contribution in [1.29, 1.82) is 0 Å². The highest BCUT2D eigenvalue weighted by Crippen LogP contribution is 2.27. The van der Waals surface area contributed by atoms with Crippen molar-refractivity contribution in [1.82, 2.24) is 20.2 Å². The molecular weight excluding hydrogens is 402 g/mol. The number of carbonyl (C=O) groups excluding carboxylic acids is 1. The first-order valence-electron chi connectivity index (χ1n) is 12.5. The Labute approximate surface area is 194 Å². The van der Waals surface area contributed by atoms with E-state index in [0.717, 1.165) is 75.1 Å². The highest BCUT2D eigenvalue weighted by Gasteiger charge is 2.24. The molecule has 1 N–H and O–H groups in total. The molecule has 7 nitrogen and oxygen atoms in total. The monoisotopic (exact) mass is 445 g/mol. The molecule has 2 fully saturated rings. The van der Waals surface area contributed by atoms with Crippen LogP contribution in [0, 0.1) is 5.92 Å². The van der Waals surface area contributed by atoms with Crippen molar-refractivity contribution < 1.29 is 9.53 Å². The molecule has 7 heteroatoms. The van der Waals surface area contributed by atoms with E-state index >= 15 is 0 Å². The average molecular weight is 446 g/mol. The lowest BCUT2D eigenvalue weighted by molar-refractivity contribution is -0.110. The van der Waals surface area contributed by atoms with Crippen molar-refractivity contribution in [2.45, 2.75) is 84.3 Å². The summed E-state index contributed by atoms with van der Waals surface area (Å²) >= 11 is 0. The topological polar surface area (TPSA) is 70.6 Å². The van der Waals surface area contributed by atoms with E-state index in [1.165, 1.54) is 25.8 Å². The van der Waals surface area contributed by atoms with E-state index in [-0.39, 0.29) is 5.41 Å². The first-order valence-corrected chi connectivity index (χ1v) is 12.5. The molecule has 1 saturated carbocycles. The summed E-state index contributed by atoms with van der Waals surface area (Å²) in [4.78, 5) is 25.4. The molecule has 2 heterocycles. The van der Waals surface area contributed by atoms with Crippen LogP contribution in [0.2, 0.25) is 0 Å². The van der Waals surface area contributed by atoms with Crippen LogP contribution in [0.25, 0.3) is 0 Å². The molecule has 1 aromatic heterocycles. The molecule has 0 atom stereocenters. The standard InChI is InChI=1S/C25H43N5O2/c1-5-32-18-22-17-23(28-24(27-22)25(2,3)4)30-13-6-12-29(15-16-30)14-11-20-7-9-21(10-8-20)26-19-31/h17,19-21H,5-16,18H2,1-4H3,(H,26,31). The fourth-order valence-corrected chi connectivity index (χ4v) is 4.76. The zero-order valence-corrected chi connectivity index (χ0v) is 20.6. The fourth-order valence-electron chi connectivity index (χ4n) is 4.76. The summed E-state index contributed by atoms with van der Waals surface area (Å²) in [6.45, 7) is 15.2. The maximum Gasteiger partial charge on any atom is 0.207 e. The summed E-state index contributed by atoms with van der Waals surface area (Å²) in [7, 11) is 0. The lowest BCUT2D eigenvalue weighted by Crippen LogP contribution is -2.35. The Morgan fingerprint density at radius 1 is 1.12 bits per heavy atom. The van der Waals surface area contributed by atoms with Gasteiger partial charge in [0.25, 0.3) is 0 Å². The third-order valence-corrected chi connectivity index (χ3v) is 6.81. The summed E-state index contributed by atoms with van der Waals surface area (Å²) in [6.07, 6.45) is 8.03. The van der Waals surface area contributed by atoms with Gasteiger partial charge in [-0.2, -0.15) is 0 Å². The first kappa shape index (κ1) is 24.9. The van der Waals surface area contributed by atoms with Gasteiger partial charge in [-0.05, 0) is 64.5 Å². The number of aromatic nitrogens is 2. The molecule has 1 aromatic rings. The maximum atomic E-state index is 10.6. The second-order valence-electron chi connectivity index (χ2n) is 10.4. The molecule has 0 bridgehead atoms. The SMILES string of the molecule is CCOCc1cc(N2CCCN(CCC3CCC(NC=O)CC3)CC2)nc(C(C)(C)C)n1. The summed E-state index contributed by atoms with van der Waals surface area (Å²) in [5.74, 6) is 2.74. The van der Waals surface area contributed by atoms with Crippen LogP contribution in [0.4, 0.5) is 5.82 Å². The quantitative estimate of drug-likeness (QED) is 0.587. The number of hydrogen-bond acceptors (Lipinski definition) is 6. The number of nitrogens with one attached hydrogen (secondary N) is 1. The van der Waals surface area contributed by atoms with Crippen molar-refractivity contribution in [3.05, 3.63) is 17.6 Å². The lowest BCUT2D eigenvalue weighted by Gasteiger charge is -2.30. The molecule has 0 spiro atoms. The molecular formula is C25H43N5O2.